The zero-order valence-corrected chi connectivity index (χ0v) is 17.3. The number of benzene rings is 2. The molecule has 7 nitrogen and oxygen atoms in total. The predicted molar refractivity (Wildman–Crippen MR) is 111 cm³/mol. The second-order valence-corrected chi connectivity index (χ2v) is 8.73. The highest BCUT2D eigenvalue weighted by molar-refractivity contribution is 7.89. The van der Waals surface area contributed by atoms with Gasteiger partial charge in [-0.1, -0.05) is 30.3 Å². The Morgan fingerprint density at radius 2 is 1.79 bits per heavy atom. The van der Waals surface area contributed by atoms with E-state index in [1.165, 1.54) is 12.1 Å². The Labute approximate surface area is 171 Å². The van der Waals surface area contributed by atoms with Crippen LogP contribution in [0.3, 0.4) is 0 Å². The van der Waals surface area contributed by atoms with Crippen LogP contribution in [-0.2, 0) is 21.2 Å². The van der Waals surface area contributed by atoms with Crippen molar-refractivity contribution in [3.05, 3.63) is 59.7 Å². The first-order chi connectivity index (χ1) is 13.9. The smallest absolute Gasteiger partial charge is 0.238 e. The third-order valence-corrected chi connectivity index (χ3v) is 6.12. The lowest BCUT2D eigenvalue weighted by molar-refractivity contribution is -0.120. The number of methoxy groups -OCH3 is 1. The minimum Gasteiger partial charge on any atom is -0.496 e. The van der Waals surface area contributed by atoms with Gasteiger partial charge in [0, 0.05) is 12.1 Å². The number of nitrogens with zero attached hydrogens (tertiary/aromatic N) is 1. The zero-order valence-electron chi connectivity index (χ0n) is 16.5. The quantitative estimate of drug-likeness (QED) is 0.682. The van der Waals surface area contributed by atoms with Gasteiger partial charge in [0.05, 0.1) is 24.5 Å². The average molecular weight is 418 g/mol. The first-order valence-corrected chi connectivity index (χ1v) is 11.2. The molecule has 1 fully saturated rings. The lowest BCUT2D eigenvalue weighted by Crippen LogP contribution is -2.37. The maximum atomic E-state index is 12.5. The molecule has 1 aliphatic heterocycles. The molecule has 1 unspecified atom stereocenters. The van der Waals surface area contributed by atoms with Crippen molar-refractivity contribution < 1.29 is 17.9 Å². The van der Waals surface area contributed by atoms with Crippen LogP contribution in [0.5, 0.6) is 5.75 Å². The molecule has 1 atom stereocenters. The summed E-state index contributed by atoms with van der Waals surface area (Å²) in [6, 6.07) is 14.0. The molecule has 0 aliphatic carbocycles. The maximum absolute atomic E-state index is 12.5. The number of nitrogens with one attached hydrogen (secondary N) is 1. The molecule has 1 amide bonds. The van der Waals surface area contributed by atoms with Gasteiger partial charge in [0.2, 0.25) is 15.9 Å². The summed E-state index contributed by atoms with van der Waals surface area (Å²) in [4.78, 5) is 14.9. The molecule has 0 saturated carbocycles. The molecule has 2 aromatic rings. The molecule has 0 spiro atoms. The van der Waals surface area contributed by atoms with Crippen LogP contribution in [-0.4, -0.2) is 46.0 Å². The van der Waals surface area contributed by atoms with Crippen molar-refractivity contribution in [1.29, 1.82) is 0 Å². The Hall–Kier alpha value is -2.42. The van der Waals surface area contributed by atoms with Gasteiger partial charge in [-0.15, -0.1) is 0 Å². The van der Waals surface area contributed by atoms with Crippen molar-refractivity contribution in [2.75, 3.05) is 26.7 Å². The van der Waals surface area contributed by atoms with Gasteiger partial charge >= 0.3 is 0 Å². The Bertz CT molecular complexity index is 939. The summed E-state index contributed by atoms with van der Waals surface area (Å²) < 4.78 is 28.2. The van der Waals surface area contributed by atoms with Crippen LogP contribution in [0.15, 0.2) is 53.4 Å². The van der Waals surface area contributed by atoms with Crippen molar-refractivity contribution in [3.63, 3.8) is 0 Å². The third-order valence-electron chi connectivity index (χ3n) is 5.19. The van der Waals surface area contributed by atoms with E-state index in [-0.39, 0.29) is 23.3 Å². The molecular formula is C21H27N3O4S. The second-order valence-electron chi connectivity index (χ2n) is 7.17. The average Bonchev–Trinajstić information content (AvgIpc) is 3.23. The fraction of sp³-hybridized carbons (Fsp3) is 0.381. The van der Waals surface area contributed by atoms with E-state index in [2.05, 4.69) is 10.2 Å². The van der Waals surface area contributed by atoms with Gasteiger partial charge in [0.1, 0.15) is 5.75 Å². The maximum Gasteiger partial charge on any atom is 0.238 e. The topological polar surface area (TPSA) is 102 Å². The van der Waals surface area contributed by atoms with Crippen molar-refractivity contribution in [3.8, 4) is 5.75 Å². The SMILES string of the molecule is COc1ccccc1C(CNC(=O)Cc1ccc(S(N)(=O)=O)cc1)N1CCCC1. The number of likely N-dealkylation sites (tertiary alicyclic amines) is 1. The van der Waals surface area contributed by atoms with E-state index in [1.807, 2.05) is 24.3 Å². The van der Waals surface area contributed by atoms with E-state index < -0.39 is 10.0 Å². The van der Waals surface area contributed by atoms with Crippen LogP contribution >= 0.6 is 0 Å². The number of sulfonamides is 1. The molecule has 3 N–H and O–H groups in total. The number of amides is 1. The molecule has 1 aliphatic rings. The first-order valence-electron chi connectivity index (χ1n) is 9.64. The van der Waals surface area contributed by atoms with Crippen molar-refractivity contribution in [2.45, 2.75) is 30.2 Å². The van der Waals surface area contributed by atoms with E-state index in [1.54, 1.807) is 19.2 Å². The molecule has 156 valence electrons. The highest BCUT2D eigenvalue weighted by Gasteiger charge is 2.26. The number of para-hydroxylation sites is 1. The van der Waals surface area contributed by atoms with Crippen molar-refractivity contribution in [1.82, 2.24) is 10.2 Å². The van der Waals surface area contributed by atoms with Crippen LogP contribution in [0.25, 0.3) is 0 Å². The molecule has 0 radical (unpaired) electrons. The first kappa shape index (κ1) is 21.3. The minimum atomic E-state index is -3.73. The zero-order chi connectivity index (χ0) is 20.9. The van der Waals surface area contributed by atoms with Crippen LogP contribution < -0.4 is 15.2 Å². The highest BCUT2D eigenvalue weighted by Crippen LogP contribution is 2.31. The fourth-order valence-corrected chi connectivity index (χ4v) is 4.20. The molecule has 0 bridgehead atoms. The molecule has 1 saturated heterocycles. The summed E-state index contributed by atoms with van der Waals surface area (Å²) in [6.07, 6.45) is 2.47. The van der Waals surface area contributed by atoms with E-state index in [9.17, 15) is 13.2 Å². The predicted octanol–water partition coefficient (Wildman–Crippen LogP) is 1.84. The Morgan fingerprint density at radius 3 is 2.41 bits per heavy atom. The standard InChI is InChI=1S/C21H27N3O4S/c1-28-20-7-3-2-6-18(20)19(24-12-4-5-13-24)15-23-21(25)14-16-8-10-17(11-9-16)29(22,26)27/h2-3,6-11,19H,4-5,12-15H2,1H3,(H,23,25)(H2,22,26,27). The van der Waals surface area contributed by atoms with Gasteiger partial charge in [-0.25, -0.2) is 13.6 Å². The summed E-state index contributed by atoms with van der Waals surface area (Å²) in [5, 5.41) is 8.13. The number of carbonyl (C=O) groups is 1. The minimum absolute atomic E-state index is 0.0342. The molecule has 1 heterocycles. The number of primary sulfonamides is 1. The lowest BCUT2D eigenvalue weighted by Gasteiger charge is -2.29. The molecule has 2 aromatic carbocycles. The molecular weight excluding hydrogens is 390 g/mol. The normalized spacial score (nSPS) is 15.8. The summed E-state index contributed by atoms with van der Waals surface area (Å²) >= 11 is 0. The van der Waals surface area contributed by atoms with Crippen LogP contribution in [0, 0.1) is 0 Å². The van der Waals surface area contributed by atoms with E-state index in [0.29, 0.717) is 6.54 Å². The van der Waals surface area contributed by atoms with Gasteiger partial charge in [-0.2, -0.15) is 0 Å². The monoisotopic (exact) mass is 417 g/mol. The Kier molecular flexibility index (Phi) is 6.89. The van der Waals surface area contributed by atoms with Gasteiger partial charge in [-0.3, -0.25) is 9.69 Å². The van der Waals surface area contributed by atoms with Crippen LogP contribution in [0.2, 0.25) is 0 Å². The number of hydrogen-bond acceptors (Lipinski definition) is 5. The summed E-state index contributed by atoms with van der Waals surface area (Å²) in [6.45, 7) is 2.47. The van der Waals surface area contributed by atoms with Gasteiger partial charge in [0.15, 0.2) is 0 Å². The van der Waals surface area contributed by atoms with E-state index in [4.69, 9.17) is 9.88 Å². The molecule has 29 heavy (non-hydrogen) atoms. The van der Waals surface area contributed by atoms with Crippen LogP contribution in [0.4, 0.5) is 0 Å². The number of ether oxygens (including phenoxy) is 1. The lowest BCUT2D eigenvalue weighted by atomic mass is 10.0. The van der Waals surface area contributed by atoms with Crippen molar-refractivity contribution >= 4 is 15.9 Å². The second kappa shape index (κ2) is 9.39. The fourth-order valence-electron chi connectivity index (χ4n) is 3.69. The number of rotatable bonds is 8. The number of nitrogens with two attached hydrogens (primary N) is 1. The van der Waals surface area contributed by atoms with E-state index in [0.717, 1.165) is 42.8 Å². The van der Waals surface area contributed by atoms with E-state index >= 15 is 0 Å². The van der Waals surface area contributed by atoms with Gasteiger partial charge < -0.3 is 10.1 Å². The summed E-state index contributed by atoms with van der Waals surface area (Å²) in [7, 11) is -2.08. The number of carbonyl (C=O) groups excluding carboxylic acids is 1. The Morgan fingerprint density at radius 1 is 1.14 bits per heavy atom. The summed E-state index contributed by atoms with van der Waals surface area (Å²) in [5.41, 5.74) is 1.79. The van der Waals surface area contributed by atoms with Gasteiger partial charge in [-0.05, 0) is 49.7 Å². The molecule has 3 rings (SSSR count). The number of hydrogen-bond donors (Lipinski definition) is 2. The van der Waals surface area contributed by atoms with Crippen molar-refractivity contribution in [2.24, 2.45) is 5.14 Å². The van der Waals surface area contributed by atoms with Crippen LogP contribution in [0.1, 0.15) is 30.0 Å². The molecule has 8 heteroatoms. The molecule has 0 aromatic heterocycles. The Balaban J connectivity index is 1.66. The summed E-state index contributed by atoms with van der Waals surface area (Å²) in [5.74, 6) is 0.699. The highest BCUT2D eigenvalue weighted by atomic mass is 32.2. The largest absolute Gasteiger partial charge is 0.496 e. The van der Waals surface area contributed by atoms with Gasteiger partial charge in [0.25, 0.3) is 0 Å². The third kappa shape index (κ3) is 5.56.